The van der Waals surface area contributed by atoms with Crippen molar-refractivity contribution in [2.75, 3.05) is 23.4 Å². The van der Waals surface area contributed by atoms with Crippen molar-refractivity contribution < 1.29 is 19.1 Å². The van der Waals surface area contributed by atoms with Gasteiger partial charge < -0.3 is 15.0 Å². The normalized spacial score (nSPS) is 16.2. The first-order chi connectivity index (χ1) is 13.3. The van der Waals surface area contributed by atoms with Gasteiger partial charge in [-0.25, -0.2) is 0 Å². The summed E-state index contributed by atoms with van der Waals surface area (Å²) in [5, 5.41) is 3.08. The summed E-state index contributed by atoms with van der Waals surface area (Å²) in [6.07, 6.45) is 0.0463. The first kappa shape index (κ1) is 20.2. The Balaban J connectivity index is 1.54. The molecule has 2 aromatic rings. The third-order valence-electron chi connectivity index (χ3n) is 4.38. The molecule has 1 N–H and O–H groups in total. The summed E-state index contributed by atoms with van der Waals surface area (Å²) < 4.78 is 5.08. The topological polar surface area (TPSA) is 75.7 Å². The molecular weight excluding hydrogens is 403 g/mol. The Kier molecular flexibility index (Phi) is 6.21. The number of amides is 2. The predicted octanol–water partition coefficient (Wildman–Crippen LogP) is 3.84. The lowest BCUT2D eigenvalue weighted by Crippen LogP contribution is -2.28. The van der Waals surface area contributed by atoms with Crippen molar-refractivity contribution in [3.05, 3.63) is 58.1 Å². The highest BCUT2D eigenvalue weighted by molar-refractivity contribution is 6.39. The maximum Gasteiger partial charge on any atom is 0.311 e. The molecule has 6 nitrogen and oxygen atoms in total. The Morgan fingerprint density at radius 2 is 1.79 bits per heavy atom. The largest absolute Gasteiger partial charge is 0.455 e. The summed E-state index contributed by atoms with van der Waals surface area (Å²) >= 11 is 12.0. The Bertz CT molecular complexity index is 895. The molecule has 1 atom stereocenters. The third kappa shape index (κ3) is 4.64. The van der Waals surface area contributed by atoms with Crippen molar-refractivity contribution in [1.29, 1.82) is 0 Å². The van der Waals surface area contributed by atoms with Crippen LogP contribution >= 0.6 is 23.2 Å². The van der Waals surface area contributed by atoms with Crippen molar-refractivity contribution in [2.24, 2.45) is 5.92 Å². The highest BCUT2D eigenvalue weighted by atomic mass is 35.5. The van der Waals surface area contributed by atoms with E-state index in [1.807, 2.05) is 31.2 Å². The zero-order chi connectivity index (χ0) is 20.3. The van der Waals surface area contributed by atoms with Gasteiger partial charge in [0.15, 0.2) is 6.61 Å². The van der Waals surface area contributed by atoms with Crippen LogP contribution in [-0.2, 0) is 19.1 Å². The van der Waals surface area contributed by atoms with E-state index in [1.54, 1.807) is 23.1 Å². The molecule has 1 aliphatic heterocycles. The average Bonchev–Trinajstić information content (AvgIpc) is 3.05. The second kappa shape index (κ2) is 8.63. The summed E-state index contributed by atoms with van der Waals surface area (Å²) in [5.41, 5.74) is 2.07. The number of carbonyl (C=O) groups is 3. The van der Waals surface area contributed by atoms with E-state index in [9.17, 15) is 14.4 Å². The van der Waals surface area contributed by atoms with Gasteiger partial charge >= 0.3 is 5.97 Å². The van der Waals surface area contributed by atoms with Crippen molar-refractivity contribution in [1.82, 2.24) is 0 Å². The van der Waals surface area contributed by atoms with Gasteiger partial charge in [-0.05, 0) is 31.2 Å². The summed E-state index contributed by atoms with van der Waals surface area (Å²) in [7, 11) is 0. The van der Waals surface area contributed by atoms with Crippen LogP contribution in [0.3, 0.4) is 0 Å². The minimum atomic E-state index is -0.620. The van der Waals surface area contributed by atoms with Crippen LogP contribution in [0, 0.1) is 12.8 Å². The molecule has 1 aliphatic rings. The molecule has 28 heavy (non-hydrogen) atoms. The number of ether oxygens (including phenoxy) is 1. The van der Waals surface area contributed by atoms with Crippen molar-refractivity contribution in [3.63, 3.8) is 0 Å². The molecule has 1 saturated heterocycles. The van der Waals surface area contributed by atoms with E-state index >= 15 is 0 Å². The summed E-state index contributed by atoms with van der Waals surface area (Å²) in [4.78, 5) is 38.1. The van der Waals surface area contributed by atoms with Gasteiger partial charge in [0.25, 0.3) is 5.91 Å². The number of anilines is 2. The summed E-state index contributed by atoms with van der Waals surface area (Å²) in [6.45, 7) is 1.69. The van der Waals surface area contributed by atoms with Gasteiger partial charge in [-0.3, -0.25) is 14.4 Å². The lowest BCUT2D eigenvalue weighted by Gasteiger charge is -2.16. The number of nitrogens with zero attached hydrogens (tertiary/aromatic N) is 1. The fourth-order valence-electron chi connectivity index (χ4n) is 2.89. The molecule has 0 saturated carbocycles. The van der Waals surface area contributed by atoms with Crippen LogP contribution in [0.1, 0.15) is 12.0 Å². The quantitative estimate of drug-likeness (QED) is 0.745. The molecule has 2 aromatic carbocycles. The van der Waals surface area contributed by atoms with Crippen LogP contribution < -0.4 is 10.2 Å². The third-order valence-corrected chi connectivity index (χ3v) is 5.01. The summed E-state index contributed by atoms with van der Waals surface area (Å²) in [6, 6.07) is 12.3. The molecule has 0 aliphatic carbocycles. The zero-order valence-electron chi connectivity index (χ0n) is 15.1. The molecular formula is C20H18Cl2N2O4. The minimum Gasteiger partial charge on any atom is -0.455 e. The fraction of sp³-hybridized carbons (Fsp3) is 0.250. The molecule has 0 unspecified atom stereocenters. The maximum atomic E-state index is 12.3. The van der Waals surface area contributed by atoms with E-state index in [4.69, 9.17) is 27.9 Å². The molecule has 2 amide bonds. The van der Waals surface area contributed by atoms with Crippen LogP contribution in [-0.4, -0.2) is 30.9 Å². The Labute approximate surface area is 172 Å². The number of halogens is 2. The van der Waals surface area contributed by atoms with E-state index in [1.165, 1.54) is 0 Å². The lowest BCUT2D eigenvalue weighted by molar-refractivity contribution is -0.151. The zero-order valence-corrected chi connectivity index (χ0v) is 16.6. The number of esters is 1. The van der Waals surface area contributed by atoms with Gasteiger partial charge in [0.2, 0.25) is 5.91 Å². The van der Waals surface area contributed by atoms with Crippen molar-refractivity contribution in [2.45, 2.75) is 13.3 Å². The van der Waals surface area contributed by atoms with Crippen molar-refractivity contribution >= 4 is 52.4 Å². The van der Waals surface area contributed by atoms with Gasteiger partial charge in [-0.15, -0.1) is 0 Å². The number of rotatable bonds is 5. The molecule has 8 heteroatoms. The number of aryl methyl sites for hydroxylation is 1. The monoisotopic (exact) mass is 420 g/mol. The number of hydrogen-bond donors (Lipinski definition) is 1. The first-order valence-corrected chi connectivity index (χ1v) is 9.38. The second-order valence-corrected chi connectivity index (χ2v) is 7.31. The SMILES string of the molecule is Cc1ccc(N2C[C@H](C(=O)OCC(=O)Nc3c(Cl)cccc3Cl)CC2=O)cc1. The highest BCUT2D eigenvalue weighted by Gasteiger charge is 2.36. The smallest absolute Gasteiger partial charge is 0.311 e. The fourth-order valence-corrected chi connectivity index (χ4v) is 3.38. The highest BCUT2D eigenvalue weighted by Crippen LogP contribution is 2.30. The van der Waals surface area contributed by atoms with E-state index in [-0.39, 0.29) is 34.6 Å². The van der Waals surface area contributed by atoms with Crippen LogP contribution in [0.4, 0.5) is 11.4 Å². The van der Waals surface area contributed by atoms with Gasteiger partial charge in [0.1, 0.15) is 0 Å². The maximum absolute atomic E-state index is 12.3. The van der Waals surface area contributed by atoms with E-state index in [2.05, 4.69) is 5.32 Å². The summed E-state index contributed by atoms with van der Waals surface area (Å²) in [5.74, 6) is -1.94. The van der Waals surface area contributed by atoms with Crippen molar-refractivity contribution in [3.8, 4) is 0 Å². The molecule has 146 valence electrons. The molecule has 0 bridgehead atoms. The minimum absolute atomic E-state index is 0.0463. The van der Waals surface area contributed by atoms with Crippen LogP contribution in [0.25, 0.3) is 0 Å². The van der Waals surface area contributed by atoms with E-state index in [0.717, 1.165) is 11.3 Å². The second-order valence-electron chi connectivity index (χ2n) is 6.49. The first-order valence-electron chi connectivity index (χ1n) is 8.62. The lowest BCUT2D eigenvalue weighted by atomic mass is 10.1. The number of nitrogens with one attached hydrogen (secondary N) is 1. The van der Waals surface area contributed by atoms with Gasteiger partial charge in [0.05, 0.1) is 21.7 Å². The molecule has 0 radical (unpaired) electrons. The number of benzene rings is 2. The molecule has 0 aromatic heterocycles. The Morgan fingerprint density at radius 1 is 1.14 bits per heavy atom. The van der Waals surface area contributed by atoms with Gasteiger partial charge in [-0.1, -0.05) is 47.0 Å². The Hall–Kier alpha value is -2.57. The van der Waals surface area contributed by atoms with Gasteiger partial charge in [-0.2, -0.15) is 0 Å². The molecule has 3 rings (SSSR count). The molecule has 0 spiro atoms. The predicted molar refractivity (Wildman–Crippen MR) is 108 cm³/mol. The van der Waals surface area contributed by atoms with E-state index in [0.29, 0.717) is 0 Å². The number of para-hydroxylation sites is 1. The molecule has 1 fully saturated rings. The van der Waals surface area contributed by atoms with Crippen LogP contribution in [0.15, 0.2) is 42.5 Å². The van der Waals surface area contributed by atoms with Crippen LogP contribution in [0.5, 0.6) is 0 Å². The number of hydrogen-bond acceptors (Lipinski definition) is 4. The number of carbonyl (C=O) groups excluding carboxylic acids is 3. The van der Waals surface area contributed by atoms with Gasteiger partial charge in [0, 0.05) is 18.7 Å². The Morgan fingerprint density at radius 3 is 2.43 bits per heavy atom. The average molecular weight is 421 g/mol. The standard InChI is InChI=1S/C20H18Cl2N2O4/c1-12-5-7-14(8-6-12)24-10-13(9-18(24)26)20(27)28-11-17(25)23-19-15(21)3-2-4-16(19)22/h2-8,13H,9-11H2,1H3,(H,23,25)/t13-/m1/s1. The van der Waals surface area contributed by atoms with E-state index < -0.39 is 24.4 Å². The molecule has 1 heterocycles. The van der Waals surface area contributed by atoms with Crippen LogP contribution in [0.2, 0.25) is 10.0 Å².